The second-order valence-electron chi connectivity index (χ2n) is 8.70. The number of rotatable bonds is 3. The van der Waals surface area contributed by atoms with Crippen molar-refractivity contribution in [3.63, 3.8) is 0 Å². The number of carbonyl (C=O) groups is 2. The third-order valence-electron chi connectivity index (χ3n) is 6.41. The van der Waals surface area contributed by atoms with E-state index < -0.39 is 23.0 Å². The third kappa shape index (κ3) is 3.49. The van der Waals surface area contributed by atoms with Crippen LogP contribution < -0.4 is 15.8 Å². The number of benzene rings is 3. The van der Waals surface area contributed by atoms with Gasteiger partial charge in [0.2, 0.25) is 11.3 Å². The van der Waals surface area contributed by atoms with Gasteiger partial charge in [0, 0.05) is 38.9 Å². The number of ether oxygens (including phenoxy) is 1. The van der Waals surface area contributed by atoms with Crippen molar-refractivity contribution in [3.8, 4) is 5.75 Å². The van der Waals surface area contributed by atoms with E-state index in [0.717, 1.165) is 5.56 Å². The topological polar surface area (TPSA) is 102 Å². The quantitative estimate of drug-likeness (QED) is 0.287. The number of nitrogens with one attached hydrogen (secondary N) is 1. The molecule has 0 saturated heterocycles. The van der Waals surface area contributed by atoms with Gasteiger partial charge < -0.3 is 20.9 Å². The number of nitrogens with two attached hydrogens (primary N) is 1. The molecule has 1 aliphatic heterocycles. The molecule has 1 heterocycles. The van der Waals surface area contributed by atoms with Gasteiger partial charge in [-0.2, -0.15) is 0 Å². The molecule has 0 fully saturated rings. The van der Waals surface area contributed by atoms with E-state index in [1.165, 1.54) is 12.1 Å². The van der Waals surface area contributed by atoms with Crippen LogP contribution in [0.1, 0.15) is 57.2 Å². The summed E-state index contributed by atoms with van der Waals surface area (Å²) >= 11 is 18.5. The molecule has 3 aromatic carbocycles. The minimum atomic E-state index is -2.24. The first-order valence-corrected chi connectivity index (χ1v) is 11.6. The summed E-state index contributed by atoms with van der Waals surface area (Å²) < 4.78 is 6.06. The van der Waals surface area contributed by atoms with Gasteiger partial charge in [-0.15, -0.1) is 0 Å². The van der Waals surface area contributed by atoms with Gasteiger partial charge in [-0.3, -0.25) is 9.59 Å². The first-order valence-electron chi connectivity index (χ1n) is 10.5. The molecule has 2 unspecified atom stereocenters. The Morgan fingerprint density at radius 1 is 1.06 bits per heavy atom. The Bertz CT molecular complexity index is 1390. The van der Waals surface area contributed by atoms with Crippen LogP contribution in [0, 0.1) is 0 Å². The summed E-state index contributed by atoms with van der Waals surface area (Å²) in [7, 11) is 0. The molecule has 3 aromatic rings. The van der Waals surface area contributed by atoms with Crippen LogP contribution in [0.25, 0.3) is 0 Å². The predicted octanol–water partition coefficient (Wildman–Crippen LogP) is 5.41. The number of hydrogen-bond acceptors (Lipinski definition) is 5. The van der Waals surface area contributed by atoms with E-state index in [2.05, 4.69) is 5.32 Å². The van der Waals surface area contributed by atoms with E-state index in [0.29, 0.717) is 5.56 Å². The van der Waals surface area contributed by atoms with Crippen LogP contribution >= 0.6 is 34.8 Å². The normalized spacial score (nSPS) is 21.6. The Hall–Kier alpha value is -2.25. The summed E-state index contributed by atoms with van der Waals surface area (Å²) in [5, 5.41) is 14.9. The van der Waals surface area contributed by atoms with Crippen LogP contribution in [0.3, 0.4) is 0 Å². The van der Waals surface area contributed by atoms with Crippen LogP contribution in [0.2, 0.25) is 15.1 Å². The molecular weight excluding hydrogens is 554 g/mol. The van der Waals surface area contributed by atoms with E-state index in [1.54, 1.807) is 30.3 Å². The summed E-state index contributed by atoms with van der Waals surface area (Å²) in [6.45, 7) is 4.02. The monoisotopic (exact) mass is 572 g/mol. The van der Waals surface area contributed by atoms with Crippen molar-refractivity contribution in [2.75, 3.05) is 5.73 Å². The SMILES string of the molecule is CC(C)c1ccc2c(c1)OC1(O)c3cccc(N)c3C(=O)C21NC(=O)c1c(Cl)cc(Cl)cc1Cl.[Fe]. The molecule has 182 valence electrons. The van der Waals surface area contributed by atoms with Crippen LogP contribution in [0.4, 0.5) is 5.69 Å². The van der Waals surface area contributed by atoms with Gasteiger partial charge in [-0.1, -0.05) is 72.9 Å². The van der Waals surface area contributed by atoms with Crippen molar-refractivity contribution < 1.29 is 36.5 Å². The van der Waals surface area contributed by atoms with E-state index in [9.17, 15) is 14.7 Å². The molecule has 0 spiro atoms. The maximum Gasteiger partial charge on any atom is 0.271 e. The average molecular weight is 574 g/mol. The Balaban J connectivity index is 0.00000289. The van der Waals surface area contributed by atoms with Crippen molar-refractivity contribution in [3.05, 3.63) is 91.4 Å². The second-order valence-corrected chi connectivity index (χ2v) is 9.95. The van der Waals surface area contributed by atoms with Gasteiger partial charge in [-0.25, -0.2) is 0 Å². The molecular formula is C25H19Cl3FeN2O4. The predicted molar refractivity (Wildman–Crippen MR) is 131 cm³/mol. The largest absolute Gasteiger partial charge is 0.454 e. The molecule has 1 aliphatic carbocycles. The third-order valence-corrected chi connectivity index (χ3v) is 7.22. The Morgan fingerprint density at radius 2 is 1.71 bits per heavy atom. The molecule has 2 aliphatic rings. The van der Waals surface area contributed by atoms with Gasteiger partial charge >= 0.3 is 0 Å². The van der Waals surface area contributed by atoms with Crippen molar-refractivity contribution in [2.45, 2.75) is 31.1 Å². The van der Waals surface area contributed by atoms with Gasteiger partial charge in [-0.05, 0) is 35.7 Å². The Labute approximate surface area is 227 Å². The number of halogens is 3. The first kappa shape index (κ1) is 25.8. The van der Waals surface area contributed by atoms with E-state index >= 15 is 0 Å². The summed E-state index contributed by atoms with van der Waals surface area (Å²) in [4.78, 5) is 27.5. The van der Waals surface area contributed by atoms with Crippen molar-refractivity contribution in [2.24, 2.45) is 0 Å². The number of amides is 1. The summed E-state index contributed by atoms with van der Waals surface area (Å²) in [5.41, 5.74) is 5.65. The standard InChI is InChI=1S/C25H19Cl3N2O4.Fe/c1-11(2)12-6-7-14-19(8-12)34-25(33)15-4-3-5-18(29)20(15)22(31)24(14,25)30-23(32)21-16(27)9-13(26)10-17(21)28;/h3-11,33H,29H2,1-2H3,(H,30,32);. The van der Waals surface area contributed by atoms with Crippen LogP contribution in [-0.2, 0) is 28.4 Å². The number of anilines is 1. The minimum Gasteiger partial charge on any atom is -0.454 e. The maximum absolute atomic E-state index is 14.0. The molecule has 4 N–H and O–H groups in total. The zero-order chi connectivity index (χ0) is 24.6. The fourth-order valence-corrected chi connectivity index (χ4v) is 5.73. The van der Waals surface area contributed by atoms with Crippen LogP contribution in [0.15, 0.2) is 48.5 Å². The van der Waals surface area contributed by atoms with Gasteiger partial charge in [0.15, 0.2) is 0 Å². The van der Waals surface area contributed by atoms with E-state index in [1.807, 2.05) is 19.9 Å². The molecule has 0 bridgehead atoms. The summed E-state index contributed by atoms with van der Waals surface area (Å²) in [5.74, 6) is -3.18. The van der Waals surface area contributed by atoms with Crippen LogP contribution in [-0.4, -0.2) is 16.8 Å². The molecule has 1 amide bonds. The number of hydrogen-bond donors (Lipinski definition) is 3. The average Bonchev–Trinajstić information content (AvgIpc) is 3.10. The summed E-state index contributed by atoms with van der Waals surface area (Å²) in [6, 6.07) is 12.7. The van der Waals surface area contributed by atoms with Crippen molar-refractivity contribution in [1.82, 2.24) is 5.32 Å². The fourth-order valence-electron chi connectivity index (χ4n) is 4.74. The number of Topliss-reactive ketones (excluding diaryl/α,β-unsaturated/α-hetero) is 1. The molecule has 2 atom stereocenters. The summed E-state index contributed by atoms with van der Waals surface area (Å²) in [6.07, 6.45) is 0. The van der Waals surface area contributed by atoms with Crippen molar-refractivity contribution >= 4 is 52.2 Å². The molecule has 0 saturated carbocycles. The number of fused-ring (bicyclic) bond motifs is 5. The zero-order valence-corrected chi connectivity index (χ0v) is 21.8. The molecule has 6 nitrogen and oxygen atoms in total. The first-order chi connectivity index (χ1) is 16.0. The number of carbonyl (C=O) groups excluding carboxylic acids is 2. The van der Waals surface area contributed by atoms with E-state index in [4.69, 9.17) is 45.3 Å². The number of nitrogen functional groups attached to an aromatic ring is 1. The fraction of sp³-hybridized carbons (Fsp3) is 0.200. The maximum atomic E-state index is 14.0. The molecule has 0 aromatic heterocycles. The molecule has 0 radical (unpaired) electrons. The second kappa shape index (κ2) is 8.70. The van der Waals surface area contributed by atoms with E-state index in [-0.39, 0.29) is 66.2 Å². The van der Waals surface area contributed by atoms with Gasteiger partial charge in [0.05, 0.1) is 21.2 Å². The Morgan fingerprint density at radius 3 is 2.34 bits per heavy atom. The van der Waals surface area contributed by atoms with Crippen LogP contribution in [0.5, 0.6) is 5.75 Å². The number of ketones is 1. The Kier molecular flexibility index (Phi) is 6.42. The number of aliphatic hydroxyl groups is 1. The minimum absolute atomic E-state index is 0. The van der Waals surface area contributed by atoms with Gasteiger partial charge in [0.25, 0.3) is 11.7 Å². The smallest absolute Gasteiger partial charge is 0.271 e. The van der Waals surface area contributed by atoms with Crippen molar-refractivity contribution in [1.29, 1.82) is 0 Å². The van der Waals surface area contributed by atoms with Gasteiger partial charge in [0.1, 0.15) is 5.75 Å². The zero-order valence-electron chi connectivity index (χ0n) is 18.4. The molecule has 5 rings (SSSR count). The molecule has 35 heavy (non-hydrogen) atoms. The molecule has 10 heteroatoms.